The Morgan fingerprint density at radius 3 is 2.48 bits per heavy atom. The zero-order valence-corrected chi connectivity index (χ0v) is 20.2. The summed E-state index contributed by atoms with van der Waals surface area (Å²) in [4.78, 5) is 10.0. The predicted octanol–water partition coefficient (Wildman–Crippen LogP) is 5.99. The van der Waals surface area contributed by atoms with Gasteiger partial charge in [0, 0.05) is 29.8 Å². The lowest BCUT2D eigenvalue weighted by Crippen LogP contribution is -2.34. The van der Waals surface area contributed by atoms with Crippen molar-refractivity contribution in [2.24, 2.45) is 17.8 Å². The summed E-state index contributed by atoms with van der Waals surface area (Å²) < 4.78 is 5.63. The van der Waals surface area contributed by atoms with Crippen LogP contribution in [0, 0.1) is 17.8 Å². The Balaban J connectivity index is 2.06. The maximum Gasteiger partial charge on any atom is 0.213 e. The third kappa shape index (κ3) is 4.79. The van der Waals surface area contributed by atoms with Crippen LogP contribution in [0.3, 0.4) is 0 Å². The third-order valence-electron chi connectivity index (χ3n) is 7.28. The largest absolute Gasteiger partial charge is 0.478 e. The third-order valence-corrected chi connectivity index (χ3v) is 7.28. The Morgan fingerprint density at radius 1 is 1.10 bits per heavy atom. The lowest BCUT2D eigenvalue weighted by Gasteiger charge is -2.40. The predicted molar refractivity (Wildman–Crippen MR) is 128 cm³/mol. The smallest absolute Gasteiger partial charge is 0.213 e. The molecule has 1 aliphatic rings. The molecule has 170 valence electrons. The number of aliphatic hydroxyl groups excluding tert-OH is 1. The normalized spacial score (nSPS) is 21.6. The second-order valence-corrected chi connectivity index (χ2v) is 9.07. The van der Waals surface area contributed by atoms with Gasteiger partial charge >= 0.3 is 0 Å². The summed E-state index contributed by atoms with van der Waals surface area (Å²) in [5.41, 5.74) is 7.16. The van der Waals surface area contributed by atoms with Gasteiger partial charge in [-0.25, -0.2) is 4.98 Å². The van der Waals surface area contributed by atoms with E-state index in [2.05, 4.69) is 46.8 Å². The second-order valence-electron chi connectivity index (χ2n) is 9.07. The zero-order valence-electron chi connectivity index (χ0n) is 20.2. The van der Waals surface area contributed by atoms with E-state index in [0.29, 0.717) is 36.2 Å². The maximum atomic E-state index is 10.0. The molecule has 0 amide bonds. The fraction of sp³-hybridized carbons (Fsp3) is 0.630. The molecule has 2 aromatic rings. The summed E-state index contributed by atoms with van der Waals surface area (Å²) >= 11 is 0. The van der Waals surface area contributed by atoms with Crippen molar-refractivity contribution in [3.8, 4) is 17.1 Å². The van der Waals surface area contributed by atoms with E-state index in [-0.39, 0.29) is 6.61 Å². The molecule has 1 N–H and O–H groups in total. The molecule has 2 heterocycles. The van der Waals surface area contributed by atoms with Gasteiger partial charge in [-0.1, -0.05) is 47.1 Å². The Labute approximate surface area is 188 Å². The van der Waals surface area contributed by atoms with Gasteiger partial charge in [0.1, 0.15) is 0 Å². The van der Waals surface area contributed by atoms with E-state index in [9.17, 15) is 5.11 Å². The molecule has 31 heavy (non-hydrogen) atoms. The van der Waals surface area contributed by atoms with Crippen LogP contribution < -0.4 is 4.74 Å². The van der Waals surface area contributed by atoms with Crippen LogP contribution in [-0.2, 0) is 19.3 Å². The number of aromatic nitrogens is 2. The number of aliphatic hydroxyl groups is 1. The van der Waals surface area contributed by atoms with Crippen molar-refractivity contribution in [2.45, 2.75) is 79.6 Å². The quantitative estimate of drug-likeness (QED) is 0.537. The van der Waals surface area contributed by atoms with Crippen molar-refractivity contribution in [3.63, 3.8) is 0 Å². The molecular formula is C27H40N2O2. The summed E-state index contributed by atoms with van der Waals surface area (Å²) in [6, 6.07) is 6.49. The van der Waals surface area contributed by atoms with Gasteiger partial charge in [-0.3, -0.25) is 4.98 Å². The van der Waals surface area contributed by atoms with E-state index < -0.39 is 0 Å². The number of ether oxygens (including phenoxy) is 1. The van der Waals surface area contributed by atoms with Gasteiger partial charge < -0.3 is 9.84 Å². The van der Waals surface area contributed by atoms with Crippen molar-refractivity contribution in [2.75, 3.05) is 13.2 Å². The molecule has 2 unspecified atom stereocenters. The molecule has 3 rings (SSSR count). The number of pyridine rings is 2. The topological polar surface area (TPSA) is 55.2 Å². The minimum absolute atomic E-state index is 0.286. The van der Waals surface area contributed by atoms with Crippen LogP contribution in [0.2, 0.25) is 0 Å². The van der Waals surface area contributed by atoms with E-state index in [4.69, 9.17) is 14.7 Å². The van der Waals surface area contributed by atoms with Crippen molar-refractivity contribution >= 4 is 0 Å². The summed E-state index contributed by atoms with van der Waals surface area (Å²) in [5, 5.41) is 10.0. The van der Waals surface area contributed by atoms with E-state index in [1.165, 1.54) is 16.8 Å². The highest BCUT2D eigenvalue weighted by Crippen LogP contribution is 2.44. The summed E-state index contributed by atoms with van der Waals surface area (Å²) in [7, 11) is 0. The van der Waals surface area contributed by atoms with Gasteiger partial charge in [-0.05, 0) is 67.6 Å². The Kier molecular flexibility index (Phi) is 8.10. The van der Waals surface area contributed by atoms with Crippen LogP contribution in [-0.4, -0.2) is 28.3 Å². The average Bonchev–Trinajstić information content (AvgIpc) is 2.79. The summed E-state index contributed by atoms with van der Waals surface area (Å²) in [6.07, 6.45) is 5.03. The van der Waals surface area contributed by atoms with E-state index in [1.807, 2.05) is 13.0 Å². The van der Waals surface area contributed by atoms with Gasteiger partial charge in [0.15, 0.2) is 0 Å². The first kappa shape index (κ1) is 23.7. The van der Waals surface area contributed by atoms with E-state index in [1.54, 1.807) is 0 Å². The van der Waals surface area contributed by atoms with Crippen LogP contribution in [0.1, 0.15) is 82.8 Å². The number of hydrogen-bond donors (Lipinski definition) is 1. The Hall–Kier alpha value is -1.94. The molecule has 4 nitrogen and oxygen atoms in total. The van der Waals surface area contributed by atoms with Crippen molar-refractivity contribution in [1.29, 1.82) is 0 Å². The molecule has 0 fully saturated rings. The van der Waals surface area contributed by atoms with Crippen molar-refractivity contribution in [1.82, 2.24) is 9.97 Å². The average molecular weight is 425 g/mol. The second kappa shape index (κ2) is 10.6. The monoisotopic (exact) mass is 424 g/mol. The van der Waals surface area contributed by atoms with Crippen molar-refractivity contribution < 1.29 is 9.84 Å². The summed E-state index contributed by atoms with van der Waals surface area (Å²) in [6.45, 7) is 14.1. The molecule has 0 spiro atoms. The number of rotatable bonds is 9. The summed E-state index contributed by atoms with van der Waals surface area (Å²) in [5.74, 6) is 2.47. The van der Waals surface area contributed by atoms with E-state index >= 15 is 0 Å². The molecular weight excluding hydrogens is 384 g/mol. The Bertz CT molecular complexity index is 880. The lowest BCUT2D eigenvalue weighted by atomic mass is 9.66. The van der Waals surface area contributed by atoms with Crippen LogP contribution in [0.5, 0.6) is 5.88 Å². The van der Waals surface area contributed by atoms with E-state index in [0.717, 1.165) is 49.1 Å². The SMILES string of the molecule is CCC[C@H](CO)C1Cc2cc(CC)c(-c3ccc(OCC)nc3CC)nc2C(C)[C@@H]1C. The van der Waals surface area contributed by atoms with Crippen LogP contribution >= 0.6 is 0 Å². The van der Waals surface area contributed by atoms with Gasteiger partial charge in [-0.2, -0.15) is 0 Å². The Morgan fingerprint density at radius 2 is 1.87 bits per heavy atom. The minimum atomic E-state index is 0.286. The van der Waals surface area contributed by atoms with Gasteiger partial charge in [0.2, 0.25) is 5.88 Å². The molecule has 2 aromatic heterocycles. The first-order chi connectivity index (χ1) is 15.0. The van der Waals surface area contributed by atoms with Crippen LogP contribution in [0.15, 0.2) is 18.2 Å². The molecule has 0 aromatic carbocycles. The molecule has 0 bridgehead atoms. The molecule has 0 aliphatic heterocycles. The first-order valence-corrected chi connectivity index (χ1v) is 12.2. The van der Waals surface area contributed by atoms with Crippen LogP contribution in [0.25, 0.3) is 11.3 Å². The van der Waals surface area contributed by atoms with Gasteiger partial charge in [0.25, 0.3) is 0 Å². The van der Waals surface area contributed by atoms with Crippen LogP contribution in [0.4, 0.5) is 0 Å². The molecule has 0 saturated carbocycles. The highest BCUT2D eigenvalue weighted by Gasteiger charge is 2.37. The molecule has 4 heteroatoms. The number of aryl methyl sites for hydroxylation is 2. The van der Waals surface area contributed by atoms with Crippen molar-refractivity contribution in [3.05, 3.63) is 40.7 Å². The molecule has 4 atom stereocenters. The van der Waals surface area contributed by atoms with Gasteiger partial charge in [-0.15, -0.1) is 0 Å². The number of nitrogens with zero attached hydrogens (tertiary/aromatic N) is 2. The highest BCUT2D eigenvalue weighted by molar-refractivity contribution is 5.67. The molecule has 1 aliphatic carbocycles. The van der Waals surface area contributed by atoms with Gasteiger partial charge in [0.05, 0.1) is 18.0 Å². The fourth-order valence-electron chi connectivity index (χ4n) is 5.34. The number of hydrogen-bond acceptors (Lipinski definition) is 4. The molecule has 0 saturated heterocycles. The lowest BCUT2D eigenvalue weighted by molar-refractivity contribution is 0.114. The number of fused-ring (bicyclic) bond motifs is 1. The molecule has 0 radical (unpaired) electrons. The maximum absolute atomic E-state index is 10.0. The highest BCUT2D eigenvalue weighted by atomic mass is 16.5. The first-order valence-electron chi connectivity index (χ1n) is 12.2. The zero-order chi connectivity index (χ0) is 22.5. The fourth-order valence-corrected chi connectivity index (χ4v) is 5.34. The standard InChI is InChI=1S/C27H40N2O2/c1-7-11-20(16-30)23-15-21-14-19(8-2)27(29-26(21)18(6)17(23)5)22-12-13-25(31-10-4)28-24(22)9-3/h12-14,17-18,20,23,30H,7-11,15-16H2,1-6H3/t17-,18?,20+,23?/m0/s1. The minimum Gasteiger partial charge on any atom is -0.478 e.